The minimum atomic E-state index is -0.301. The second-order valence-electron chi connectivity index (χ2n) is 3.58. The highest BCUT2D eigenvalue weighted by Crippen LogP contribution is 2.27. The van der Waals surface area contributed by atoms with Gasteiger partial charge in [0, 0.05) is 5.56 Å². The van der Waals surface area contributed by atoms with E-state index in [0.29, 0.717) is 5.56 Å². The molecule has 2 rings (SSSR count). The molecule has 0 atom stereocenters. The molecule has 5 nitrogen and oxygen atoms in total. The van der Waals surface area contributed by atoms with Crippen molar-refractivity contribution in [2.75, 3.05) is 14.2 Å². The van der Waals surface area contributed by atoms with Crippen LogP contribution in [-0.4, -0.2) is 30.0 Å². The number of hydrogen-bond donors (Lipinski definition) is 0. The van der Waals surface area contributed by atoms with E-state index in [1.54, 1.807) is 24.3 Å². The number of hydrogen-bond acceptors (Lipinski definition) is 5. The number of ketones is 1. The summed E-state index contributed by atoms with van der Waals surface area (Å²) in [5, 5.41) is -0.00227. The quantitative estimate of drug-likeness (QED) is 0.635. The van der Waals surface area contributed by atoms with Crippen molar-refractivity contribution >= 4 is 17.4 Å². The lowest BCUT2D eigenvalue weighted by molar-refractivity contribution is 0.103. The van der Waals surface area contributed by atoms with Crippen LogP contribution in [0.1, 0.15) is 15.9 Å². The molecule has 0 spiro atoms. The average molecular weight is 279 g/mol. The molecule has 1 heterocycles. The summed E-state index contributed by atoms with van der Waals surface area (Å²) in [6.07, 6.45) is 0. The minimum absolute atomic E-state index is 0.00227. The van der Waals surface area contributed by atoms with E-state index in [2.05, 4.69) is 9.97 Å². The first-order valence-corrected chi connectivity index (χ1v) is 5.80. The molecule has 1 aromatic carbocycles. The first-order chi connectivity index (χ1) is 9.17. The molecule has 0 N–H and O–H groups in total. The van der Waals surface area contributed by atoms with Crippen molar-refractivity contribution < 1.29 is 14.3 Å². The van der Waals surface area contributed by atoms with Crippen LogP contribution in [-0.2, 0) is 0 Å². The van der Waals surface area contributed by atoms with Gasteiger partial charge in [-0.2, -0.15) is 9.97 Å². The monoisotopic (exact) mass is 278 g/mol. The summed E-state index contributed by atoms with van der Waals surface area (Å²) in [5.41, 5.74) is 0.604. The molecule has 98 valence electrons. The maximum absolute atomic E-state index is 12.4. The zero-order chi connectivity index (χ0) is 13.8. The van der Waals surface area contributed by atoms with Crippen LogP contribution in [0.25, 0.3) is 0 Å². The van der Waals surface area contributed by atoms with E-state index >= 15 is 0 Å². The number of carbonyl (C=O) groups excluding carboxylic acids is 1. The van der Waals surface area contributed by atoms with E-state index < -0.39 is 0 Å². The summed E-state index contributed by atoms with van der Waals surface area (Å²) in [6.45, 7) is 0. The second kappa shape index (κ2) is 5.67. The summed E-state index contributed by atoms with van der Waals surface area (Å²) in [5.74, 6) is -0.212. The summed E-state index contributed by atoms with van der Waals surface area (Å²) >= 11 is 6.00. The van der Waals surface area contributed by atoms with Gasteiger partial charge in [-0.1, -0.05) is 41.9 Å². The standard InChI is InChI=1S/C13H11ClN2O3/c1-18-12-9(11(14)15-13(16-12)19-2)10(17)8-6-4-3-5-7-8/h3-7H,1-2H3. The zero-order valence-corrected chi connectivity index (χ0v) is 11.1. The molecule has 0 unspecified atom stereocenters. The summed E-state index contributed by atoms with van der Waals surface area (Å²) < 4.78 is 9.95. The van der Waals surface area contributed by atoms with E-state index in [9.17, 15) is 4.79 Å². The average Bonchev–Trinajstić information content (AvgIpc) is 2.46. The number of nitrogens with zero attached hydrogens (tertiary/aromatic N) is 2. The van der Waals surface area contributed by atoms with Gasteiger partial charge in [-0.15, -0.1) is 0 Å². The number of aromatic nitrogens is 2. The van der Waals surface area contributed by atoms with Crippen LogP contribution in [0.5, 0.6) is 11.9 Å². The molecule has 6 heteroatoms. The number of ether oxygens (including phenoxy) is 2. The van der Waals surface area contributed by atoms with Crippen LogP contribution in [0.3, 0.4) is 0 Å². The van der Waals surface area contributed by atoms with E-state index in [4.69, 9.17) is 21.1 Å². The zero-order valence-electron chi connectivity index (χ0n) is 10.4. The highest BCUT2D eigenvalue weighted by atomic mass is 35.5. The fraction of sp³-hybridized carbons (Fsp3) is 0.154. The number of rotatable bonds is 4. The van der Waals surface area contributed by atoms with Gasteiger partial charge in [-0.05, 0) is 0 Å². The third kappa shape index (κ3) is 2.66. The lowest BCUT2D eigenvalue weighted by Gasteiger charge is -2.09. The van der Waals surface area contributed by atoms with Gasteiger partial charge in [0.1, 0.15) is 5.56 Å². The molecule has 0 fully saturated rings. The molecule has 0 radical (unpaired) electrons. The minimum Gasteiger partial charge on any atom is -0.480 e. The molecule has 2 aromatic rings. The fourth-order valence-corrected chi connectivity index (χ4v) is 1.80. The highest BCUT2D eigenvalue weighted by Gasteiger charge is 2.22. The van der Waals surface area contributed by atoms with E-state index in [1.165, 1.54) is 14.2 Å². The van der Waals surface area contributed by atoms with Crippen molar-refractivity contribution in [3.63, 3.8) is 0 Å². The van der Waals surface area contributed by atoms with Gasteiger partial charge in [0.15, 0.2) is 5.15 Å². The Morgan fingerprint density at radius 1 is 1.11 bits per heavy atom. The molecule has 0 aliphatic carbocycles. The molecular weight excluding hydrogens is 268 g/mol. The summed E-state index contributed by atoms with van der Waals surface area (Å²) in [7, 11) is 2.81. The number of carbonyl (C=O) groups is 1. The molecular formula is C13H11ClN2O3. The predicted molar refractivity (Wildman–Crippen MR) is 70.0 cm³/mol. The van der Waals surface area contributed by atoms with Gasteiger partial charge in [0.25, 0.3) is 0 Å². The van der Waals surface area contributed by atoms with Crippen molar-refractivity contribution in [2.24, 2.45) is 0 Å². The van der Waals surface area contributed by atoms with Crippen LogP contribution in [0.15, 0.2) is 30.3 Å². The first kappa shape index (κ1) is 13.3. The van der Waals surface area contributed by atoms with Crippen molar-refractivity contribution in [1.82, 2.24) is 9.97 Å². The SMILES string of the molecule is COc1nc(Cl)c(C(=O)c2ccccc2)c(OC)n1. The van der Waals surface area contributed by atoms with Gasteiger partial charge < -0.3 is 9.47 Å². The van der Waals surface area contributed by atoms with Gasteiger partial charge >= 0.3 is 6.01 Å². The Labute approximate surface area is 115 Å². The molecule has 0 saturated carbocycles. The molecule has 0 bridgehead atoms. The third-order valence-electron chi connectivity index (χ3n) is 2.45. The Balaban J connectivity index is 2.53. The van der Waals surface area contributed by atoms with Crippen molar-refractivity contribution in [1.29, 1.82) is 0 Å². The Kier molecular flexibility index (Phi) is 3.97. The Hall–Kier alpha value is -2.14. The Bertz CT molecular complexity index is 602. The summed E-state index contributed by atoms with van der Waals surface area (Å²) in [4.78, 5) is 20.2. The second-order valence-corrected chi connectivity index (χ2v) is 3.94. The predicted octanol–water partition coefficient (Wildman–Crippen LogP) is 2.38. The van der Waals surface area contributed by atoms with Gasteiger partial charge in [0.2, 0.25) is 11.7 Å². The van der Waals surface area contributed by atoms with E-state index in [0.717, 1.165) is 0 Å². The molecule has 0 aliphatic rings. The molecule has 19 heavy (non-hydrogen) atoms. The lowest BCUT2D eigenvalue weighted by Crippen LogP contribution is -2.08. The molecule has 0 saturated heterocycles. The topological polar surface area (TPSA) is 61.3 Å². The van der Waals surface area contributed by atoms with Crippen LogP contribution >= 0.6 is 11.6 Å². The third-order valence-corrected chi connectivity index (χ3v) is 2.72. The largest absolute Gasteiger partial charge is 0.480 e. The van der Waals surface area contributed by atoms with Gasteiger partial charge in [-0.3, -0.25) is 4.79 Å². The Morgan fingerprint density at radius 2 is 1.79 bits per heavy atom. The highest BCUT2D eigenvalue weighted by molar-refractivity contribution is 6.34. The Morgan fingerprint density at radius 3 is 2.37 bits per heavy atom. The van der Waals surface area contributed by atoms with Crippen molar-refractivity contribution in [3.05, 3.63) is 46.6 Å². The van der Waals surface area contributed by atoms with Gasteiger partial charge in [0.05, 0.1) is 14.2 Å². The van der Waals surface area contributed by atoms with Crippen molar-refractivity contribution in [3.8, 4) is 11.9 Å². The normalized spacial score (nSPS) is 10.1. The maximum Gasteiger partial charge on any atom is 0.320 e. The number of methoxy groups -OCH3 is 2. The molecule has 0 amide bonds. The summed E-state index contributed by atoms with van der Waals surface area (Å²) in [6, 6.07) is 8.76. The lowest BCUT2D eigenvalue weighted by atomic mass is 10.1. The van der Waals surface area contributed by atoms with E-state index in [-0.39, 0.29) is 28.4 Å². The molecule has 0 aliphatic heterocycles. The number of benzene rings is 1. The smallest absolute Gasteiger partial charge is 0.320 e. The van der Waals surface area contributed by atoms with Crippen LogP contribution < -0.4 is 9.47 Å². The van der Waals surface area contributed by atoms with Crippen LogP contribution in [0, 0.1) is 0 Å². The van der Waals surface area contributed by atoms with E-state index in [1.807, 2.05) is 6.07 Å². The fourth-order valence-electron chi connectivity index (χ4n) is 1.56. The van der Waals surface area contributed by atoms with Crippen molar-refractivity contribution in [2.45, 2.75) is 0 Å². The van der Waals surface area contributed by atoms with Crippen LogP contribution in [0.2, 0.25) is 5.15 Å². The maximum atomic E-state index is 12.4. The first-order valence-electron chi connectivity index (χ1n) is 5.42. The van der Waals surface area contributed by atoms with Crippen LogP contribution in [0.4, 0.5) is 0 Å². The van der Waals surface area contributed by atoms with Gasteiger partial charge in [-0.25, -0.2) is 0 Å². The molecule has 1 aromatic heterocycles. The number of halogens is 1.